The summed E-state index contributed by atoms with van der Waals surface area (Å²) in [6, 6.07) is 11.3. The number of imidazole rings is 1. The summed E-state index contributed by atoms with van der Waals surface area (Å²) in [6.07, 6.45) is 1.46. The van der Waals surface area contributed by atoms with Gasteiger partial charge in [-0.25, -0.2) is 9.78 Å². The number of aromatic nitrogens is 2. The maximum absolute atomic E-state index is 11.6. The van der Waals surface area contributed by atoms with Gasteiger partial charge in [0.05, 0.1) is 16.6 Å². The monoisotopic (exact) mass is 320 g/mol. The third kappa shape index (κ3) is 1.95. The van der Waals surface area contributed by atoms with E-state index in [9.17, 15) is 15.2 Å². The zero-order valence-corrected chi connectivity index (χ0v) is 13.2. The van der Waals surface area contributed by atoms with E-state index < -0.39 is 12.0 Å². The third-order valence-electron chi connectivity index (χ3n) is 4.70. The fraction of sp³-hybridized carbons (Fsp3) is 0.278. The Morgan fingerprint density at radius 2 is 2.21 bits per heavy atom. The number of nitrogens with zero attached hydrogens (tertiary/aromatic N) is 4. The van der Waals surface area contributed by atoms with E-state index in [4.69, 9.17) is 0 Å². The van der Waals surface area contributed by atoms with Gasteiger partial charge in [0.25, 0.3) is 0 Å². The molecule has 0 aliphatic carbocycles. The number of pyridine rings is 1. The van der Waals surface area contributed by atoms with Crippen molar-refractivity contribution in [1.29, 1.82) is 5.26 Å². The van der Waals surface area contributed by atoms with Crippen LogP contribution in [0.3, 0.4) is 0 Å². The van der Waals surface area contributed by atoms with Crippen LogP contribution >= 0.6 is 0 Å². The molecule has 6 nitrogen and oxygen atoms in total. The van der Waals surface area contributed by atoms with Crippen molar-refractivity contribution < 1.29 is 9.90 Å². The summed E-state index contributed by atoms with van der Waals surface area (Å²) >= 11 is 0. The Kier molecular flexibility index (Phi) is 3.17. The van der Waals surface area contributed by atoms with Crippen molar-refractivity contribution in [3.63, 3.8) is 0 Å². The first-order valence-corrected chi connectivity index (χ1v) is 7.92. The number of nitriles is 1. The topological polar surface area (TPSA) is 81.6 Å². The number of para-hydroxylation sites is 2. The van der Waals surface area contributed by atoms with E-state index in [1.54, 1.807) is 0 Å². The van der Waals surface area contributed by atoms with Gasteiger partial charge in [0.2, 0.25) is 0 Å². The molecule has 0 spiro atoms. The molecule has 1 atom stereocenters. The lowest BCUT2D eigenvalue weighted by atomic mass is 10.1. The van der Waals surface area contributed by atoms with E-state index in [0.29, 0.717) is 24.2 Å². The average molecular weight is 320 g/mol. The summed E-state index contributed by atoms with van der Waals surface area (Å²) < 4.78 is 1.92. The molecule has 1 unspecified atom stereocenters. The van der Waals surface area contributed by atoms with Crippen LogP contribution in [0.15, 0.2) is 30.3 Å². The predicted octanol–water partition coefficient (Wildman–Crippen LogP) is 2.72. The van der Waals surface area contributed by atoms with Gasteiger partial charge in [0.1, 0.15) is 17.9 Å². The van der Waals surface area contributed by atoms with Crippen LogP contribution in [0.2, 0.25) is 0 Å². The molecule has 0 saturated carbocycles. The van der Waals surface area contributed by atoms with Gasteiger partial charge in [0.15, 0.2) is 5.65 Å². The second-order valence-corrected chi connectivity index (χ2v) is 6.12. The van der Waals surface area contributed by atoms with Crippen LogP contribution < -0.4 is 4.90 Å². The maximum Gasteiger partial charge on any atom is 0.326 e. The SMILES string of the molecule is Cc1cc(N2CCCC2C(=O)O)n2c(nc3ccccc32)c1C#N. The Morgan fingerprint density at radius 3 is 2.96 bits per heavy atom. The van der Waals surface area contributed by atoms with E-state index in [2.05, 4.69) is 11.1 Å². The number of fused-ring (bicyclic) bond motifs is 3. The summed E-state index contributed by atoms with van der Waals surface area (Å²) in [5, 5.41) is 19.1. The van der Waals surface area contributed by atoms with Crippen LogP contribution in [0.1, 0.15) is 24.0 Å². The van der Waals surface area contributed by atoms with E-state index >= 15 is 0 Å². The van der Waals surface area contributed by atoms with Crippen molar-refractivity contribution in [3.05, 3.63) is 41.5 Å². The number of carboxylic acid groups (broad SMARTS) is 1. The van der Waals surface area contributed by atoms with Crippen molar-refractivity contribution >= 4 is 28.5 Å². The fourth-order valence-electron chi connectivity index (χ4n) is 3.58. The molecule has 1 aromatic carbocycles. The van der Waals surface area contributed by atoms with E-state index in [1.165, 1.54) is 0 Å². The van der Waals surface area contributed by atoms with Gasteiger partial charge in [-0.15, -0.1) is 0 Å². The predicted molar refractivity (Wildman–Crippen MR) is 90.2 cm³/mol. The molecule has 6 heteroatoms. The highest BCUT2D eigenvalue weighted by Crippen LogP contribution is 2.32. The molecule has 1 N–H and O–H groups in total. The van der Waals surface area contributed by atoms with Crippen LogP contribution in [0.25, 0.3) is 16.7 Å². The molecular formula is C18H16N4O2. The quantitative estimate of drug-likeness (QED) is 0.785. The average Bonchev–Trinajstić information content (AvgIpc) is 3.19. The Morgan fingerprint density at radius 1 is 1.42 bits per heavy atom. The molecule has 0 bridgehead atoms. The minimum Gasteiger partial charge on any atom is -0.480 e. The molecule has 120 valence electrons. The summed E-state index contributed by atoms with van der Waals surface area (Å²) in [6.45, 7) is 2.55. The lowest BCUT2D eigenvalue weighted by molar-refractivity contribution is -0.138. The van der Waals surface area contributed by atoms with Gasteiger partial charge < -0.3 is 10.0 Å². The fourth-order valence-corrected chi connectivity index (χ4v) is 3.58. The molecule has 1 saturated heterocycles. The Labute approximate surface area is 138 Å². The molecule has 1 aliphatic rings. The van der Waals surface area contributed by atoms with Gasteiger partial charge >= 0.3 is 5.97 Å². The minimum absolute atomic E-state index is 0.529. The standard InChI is InChI=1S/C18H16N4O2/c1-11-9-16(21-8-4-7-15(21)18(23)24)22-14-6-3-2-5-13(14)20-17(22)12(11)10-19/h2-3,5-6,9,15H,4,7-8H2,1H3,(H,23,24). The van der Waals surface area contributed by atoms with E-state index in [-0.39, 0.29) is 0 Å². The van der Waals surface area contributed by atoms with Crippen LogP contribution in [0.5, 0.6) is 0 Å². The van der Waals surface area contributed by atoms with Crippen molar-refractivity contribution in [2.75, 3.05) is 11.4 Å². The van der Waals surface area contributed by atoms with Crippen molar-refractivity contribution in [1.82, 2.24) is 9.38 Å². The molecule has 4 rings (SSSR count). The summed E-state index contributed by atoms with van der Waals surface area (Å²) in [5.41, 5.74) is 3.61. The first kappa shape index (κ1) is 14.5. The van der Waals surface area contributed by atoms with Crippen LogP contribution in [0.4, 0.5) is 5.82 Å². The Bertz CT molecular complexity index is 1020. The number of aliphatic carboxylic acids is 1. The van der Waals surface area contributed by atoms with Crippen molar-refractivity contribution in [3.8, 4) is 6.07 Å². The molecule has 24 heavy (non-hydrogen) atoms. The molecule has 1 fully saturated rings. The summed E-state index contributed by atoms with van der Waals surface area (Å²) in [5.74, 6) is -0.0211. The zero-order valence-electron chi connectivity index (χ0n) is 13.2. The highest BCUT2D eigenvalue weighted by atomic mass is 16.4. The van der Waals surface area contributed by atoms with Gasteiger partial charge in [-0.1, -0.05) is 12.1 Å². The summed E-state index contributed by atoms with van der Waals surface area (Å²) in [7, 11) is 0. The second-order valence-electron chi connectivity index (χ2n) is 6.12. The maximum atomic E-state index is 11.6. The molecule has 3 heterocycles. The number of benzene rings is 1. The molecule has 0 amide bonds. The van der Waals surface area contributed by atoms with Crippen molar-refractivity contribution in [2.24, 2.45) is 0 Å². The number of carbonyl (C=O) groups is 1. The lowest BCUT2D eigenvalue weighted by Crippen LogP contribution is -2.37. The van der Waals surface area contributed by atoms with Gasteiger partial charge in [-0.3, -0.25) is 4.40 Å². The van der Waals surface area contributed by atoms with Gasteiger partial charge in [-0.05, 0) is 43.5 Å². The van der Waals surface area contributed by atoms with Crippen LogP contribution in [-0.2, 0) is 4.79 Å². The van der Waals surface area contributed by atoms with Crippen LogP contribution in [0, 0.1) is 18.3 Å². The number of aryl methyl sites for hydroxylation is 1. The number of carboxylic acids is 1. The van der Waals surface area contributed by atoms with Gasteiger partial charge in [0, 0.05) is 6.54 Å². The van der Waals surface area contributed by atoms with Crippen LogP contribution in [-0.4, -0.2) is 33.0 Å². The Balaban J connectivity index is 2.09. The molecule has 2 aromatic heterocycles. The lowest BCUT2D eigenvalue weighted by Gasteiger charge is -2.25. The van der Waals surface area contributed by atoms with Crippen molar-refractivity contribution in [2.45, 2.75) is 25.8 Å². The third-order valence-corrected chi connectivity index (χ3v) is 4.70. The molecular weight excluding hydrogens is 304 g/mol. The number of hydrogen-bond acceptors (Lipinski definition) is 4. The molecule has 3 aromatic rings. The normalized spacial score (nSPS) is 17.5. The first-order chi connectivity index (χ1) is 11.6. The minimum atomic E-state index is -0.813. The highest BCUT2D eigenvalue weighted by Gasteiger charge is 2.33. The smallest absolute Gasteiger partial charge is 0.326 e. The zero-order chi connectivity index (χ0) is 16.8. The number of anilines is 1. The summed E-state index contributed by atoms with van der Waals surface area (Å²) in [4.78, 5) is 18.1. The van der Waals surface area contributed by atoms with E-state index in [1.807, 2.05) is 46.6 Å². The molecule has 1 aliphatic heterocycles. The molecule has 0 radical (unpaired) electrons. The first-order valence-electron chi connectivity index (χ1n) is 7.92. The number of hydrogen-bond donors (Lipinski definition) is 1. The number of rotatable bonds is 2. The largest absolute Gasteiger partial charge is 0.480 e. The van der Waals surface area contributed by atoms with Gasteiger partial charge in [-0.2, -0.15) is 5.26 Å². The Hall–Kier alpha value is -3.07. The van der Waals surface area contributed by atoms with E-state index in [0.717, 1.165) is 28.8 Å². The second kappa shape index (κ2) is 5.24. The highest BCUT2D eigenvalue weighted by molar-refractivity contribution is 5.86.